The summed E-state index contributed by atoms with van der Waals surface area (Å²) in [5.74, 6) is 0.412. The highest BCUT2D eigenvalue weighted by atomic mass is 32.1. The molecule has 1 aromatic carbocycles. The molecule has 6 heteroatoms. The third-order valence-electron chi connectivity index (χ3n) is 6.33. The van der Waals surface area contributed by atoms with Crippen molar-refractivity contribution in [1.82, 2.24) is 15.3 Å². The maximum Gasteiger partial charge on any atom is 0.261 e. The lowest BCUT2D eigenvalue weighted by Crippen LogP contribution is -2.41. The average molecular weight is 488 g/mol. The van der Waals surface area contributed by atoms with E-state index >= 15 is 0 Å². The molecule has 1 unspecified atom stereocenters. The second-order valence-corrected chi connectivity index (χ2v) is 11.3. The first kappa shape index (κ1) is 25.0. The number of hydrogen-bond acceptors (Lipinski definition) is 5. The van der Waals surface area contributed by atoms with Crippen molar-refractivity contribution in [3.05, 3.63) is 75.7 Å². The maximum absolute atomic E-state index is 12.8. The fraction of sp³-hybridized carbons (Fsp3) is 0.379. The summed E-state index contributed by atoms with van der Waals surface area (Å²) < 4.78 is 0. The maximum atomic E-state index is 12.8. The fourth-order valence-electron chi connectivity index (χ4n) is 4.16. The van der Waals surface area contributed by atoms with Crippen LogP contribution in [0.15, 0.2) is 54.9 Å². The quantitative estimate of drug-likeness (QED) is 0.419. The fourth-order valence-corrected chi connectivity index (χ4v) is 5.12. The SMILES string of the molecule is CC(=O)C(Cc1ccc(-c2ncc(C3=CCCCC3)cn2)cc1)NC(=O)c1ccc(C(C)(C)C)s1. The van der Waals surface area contributed by atoms with Crippen LogP contribution < -0.4 is 5.32 Å². The highest BCUT2D eigenvalue weighted by molar-refractivity contribution is 7.14. The molecule has 3 aromatic rings. The van der Waals surface area contributed by atoms with Gasteiger partial charge in [0.15, 0.2) is 11.6 Å². The van der Waals surface area contributed by atoms with Crippen LogP contribution in [0.5, 0.6) is 0 Å². The molecule has 0 bridgehead atoms. The van der Waals surface area contributed by atoms with Crippen molar-refractivity contribution < 1.29 is 9.59 Å². The van der Waals surface area contributed by atoms with Crippen molar-refractivity contribution in [2.24, 2.45) is 0 Å². The molecule has 1 aliphatic rings. The molecule has 0 spiro atoms. The Kier molecular flexibility index (Phi) is 7.60. The summed E-state index contributed by atoms with van der Waals surface area (Å²) in [6.07, 6.45) is 11.3. The van der Waals surface area contributed by atoms with E-state index in [1.165, 1.54) is 36.7 Å². The predicted octanol–water partition coefficient (Wildman–Crippen LogP) is 6.39. The van der Waals surface area contributed by atoms with Crippen LogP contribution in [0, 0.1) is 0 Å². The zero-order chi connectivity index (χ0) is 25.0. The number of amides is 1. The Morgan fingerprint density at radius 3 is 2.29 bits per heavy atom. The van der Waals surface area contributed by atoms with Gasteiger partial charge < -0.3 is 5.32 Å². The summed E-state index contributed by atoms with van der Waals surface area (Å²) in [6.45, 7) is 7.88. The smallest absolute Gasteiger partial charge is 0.261 e. The normalized spacial score (nSPS) is 14.8. The number of rotatable bonds is 7. The number of carbonyl (C=O) groups is 2. The first-order valence-electron chi connectivity index (χ1n) is 12.2. The van der Waals surface area contributed by atoms with Crippen molar-refractivity contribution >= 4 is 28.6 Å². The van der Waals surface area contributed by atoms with E-state index < -0.39 is 6.04 Å². The van der Waals surface area contributed by atoms with Crippen molar-refractivity contribution in [1.29, 1.82) is 0 Å². The molecular weight excluding hydrogens is 454 g/mol. The van der Waals surface area contributed by atoms with Crippen LogP contribution in [0.25, 0.3) is 17.0 Å². The lowest BCUT2D eigenvalue weighted by molar-refractivity contribution is -0.118. The van der Waals surface area contributed by atoms with Gasteiger partial charge in [-0.05, 0) is 67.7 Å². The van der Waals surface area contributed by atoms with Crippen molar-refractivity contribution in [3.8, 4) is 11.4 Å². The van der Waals surface area contributed by atoms with Gasteiger partial charge in [0.05, 0.1) is 10.9 Å². The molecule has 2 aromatic heterocycles. The molecule has 1 atom stereocenters. The largest absolute Gasteiger partial charge is 0.341 e. The monoisotopic (exact) mass is 487 g/mol. The van der Waals surface area contributed by atoms with E-state index in [4.69, 9.17) is 0 Å². The molecular formula is C29H33N3O2S. The molecule has 5 nitrogen and oxygen atoms in total. The molecule has 1 aliphatic carbocycles. The molecule has 0 fully saturated rings. The molecule has 1 amide bonds. The second kappa shape index (κ2) is 10.6. The van der Waals surface area contributed by atoms with Crippen LogP contribution in [0.2, 0.25) is 0 Å². The lowest BCUT2D eigenvalue weighted by atomic mass is 9.95. The first-order valence-corrected chi connectivity index (χ1v) is 13.0. The van der Waals surface area contributed by atoms with Gasteiger partial charge in [0.25, 0.3) is 5.91 Å². The Labute approximate surface area is 211 Å². The number of nitrogens with zero attached hydrogens (tertiary/aromatic N) is 2. The summed E-state index contributed by atoms with van der Waals surface area (Å²) in [6, 6.07) is 11.1. The molecule has 0 saturated carbocycles. The van der Waals surface area contributed by atoms with Gasteiger partial charge >= 0.3 is 0 Å². The molecule has 0 saturated heterocycles. The Morgan fingerprint density at radius 1 is 1.00 bits per heavy atom. The lowest BCUT2D eigenvalue weighted by Gasteiger charge is -2.17. The van der Waals surface area contributed by atoms with E-state index in [1.54, 1.807) is 0 Å². The van der Waals surface area contributed by atoms with Crippen molar-refractivity contribution in [2.45, 2.75) is 71.3 Å². The number of aromatic nitrogens is 2. The predicted molar refractivity (Wildman–Crippen MR) is 143 cm³/mol. The molecule has 35 heavy (non-hydrogen) atoms. The Hall–Kier alpha value is -3.12. The minimum atomic E-state index is -0.576. The zero-order valence-electron chi connectivity index (χ0n) is 20.9. The van der Waals surface area contributed by atoms with Crippen LogP contribution in [-0.2, 0) is 16.6 Å². The van der Waals surface area contributed by atoms with Crippen LogP contribution in [0.4, 0.5) is 0 Å². The number of thiophene rings is 1. The van der Waals surface area contributed by atoms with Gasteiger partial charge in [-0.2, -0.15) is 0 Å². The minimum Gasteiger partial charge on any atom is -0.341 e. The van der Waals surface area contributed by atoms with E-state index in [-0.39, 0.29) is 17.1 Å². The Balaban J connectivity index is 1.41. The van der Waals surface area contributed by atoms with Crippen LogP contribution >= 0.6 is 11.3 Å². The number of ketones is 1. The zero-order valence-corrected chi connectivity index (χ0v) is 21.7. The molecule has 4 rings (SSSR count). The van der Waals surface area contributed by atoms with Gasteiger partial charge in [0.1, 0.15) is 0 Å². The first-order chi connectivity index (χ1) is 16.7. The van der Waals surface area contributed by atoms with Gasteiger partial charge in [-0.15, -0.1) is 11.3 Å². The van der Waals surface area contributed by atoms with Gasteiger partial charge in [0, 0.05) is 28.4 Å². The number of hydrogen-bond donors (Lipinski definition) is 1. The minimum absolute atomic E-state index is 0.0118. The molecule has 2 heterocycles. The third kappa shape index (κ3) is 6.31. The Bertz CT molecular complexity index is 1220. The van der Waals surface area contributed by atoms with Crippen LogP contribution in [-0.4, -0.2) is 27.7 Å². The Morgan fingerprint density at radius 2 is 1.71 bits per heavy atom. The molecule has 0 radical (unpaired) electrons. The number of benzene rings is 1. The molecule has 182 valence electrons. The topological polar surface area (TPSA) is 72.0 Å². The summed E-state index contributed by atoms with van der Waals surface area (Å²) in [7, 11) is 0. The van der Waals surface area contributed by atoms with E-state index in [2.05, 4.69) is 42.1 Å². The summed E-state index contributed by atoms with van der Waals surface area (Å²) in [5.41, 5.74) is 4.33. The summed E-state index contributed by atoms with van der Waals surface area (Å²) in [4.78, 5) is 36.0. The van der Waals surface area contributed by atoms with Crippen molar-refractivity contribution in [3.63, 3.8) is 0 Å². The van der Waals surface area contributed by atoms with E-state index in [1.807, 2.05) is 48.8 Å². The highest BCUT2D eigenvalue weighted by Crippen LogP contribution is 2.30. The third-order valence-corrected chi connectivity index (χ3v) is 7.84. The molecule has 1 N–H and O–H groups in total. The summed E-state index contributed by atoms with van der Waals surface area (Å²) >= 11 is 1.48. The van der Waals surface area contributed by atoms with Gasteiger partial charge in [-0.1, -0.05) is 51.1 Å². The second-order valence-electron chi connectivity index (χ2n) is 10.2. The van der Waals surface area contributed by atoms with Gasteiger partial charge in [0.2, 0.25) is 0 Å². The van der Waals surface area contributed by atoms with E-state index in [0.717, 1.165) is 34.4 Å². The van der Waals surface area contributed by atoms with Crippen molar-refractivity contribution in [2.75, 3.05) is 0 Å². The van der Waals surface area contributed by atoms with Crippen LogP contribution in [0.3, 0.4) is 0 Å². The number of allylic oxidation sites excluding steroid dienone is 2. The van der Waals surface area contributed by atoms with Crippen LogP contribution in [0.1, 0.15) is 79.1 Å². The highest BCUT2D eigenvalue weighted by Gasteiger charge is 2.22. The number of Topliss-reactive ketones (excluding diaryl/α,β-unsaturated/α-hetero) is 1. The van der Waals surface area contributed by atoms with Gasteiger partial charge in [-0.3, -0.25) is 9.59 Å². The van der Waals surface area contributed by atoms with Gasteiger partial charge in [-0.25, -0.2) is 9.97 Å². The molecule has 0 aliphatic heterocycles. The number of nitrogens with one attached hydrogen (secondary N) is 1. The standard InChI is InChI=1S/C29H33N3O2S/c1-19(33)24(32-28(34)25-14-15-26(35-25)29(2,3)4)16-20-10-12-22(13-11-20)27-30-17-23(18-31-27)21-8-6-5-7-9-21/h8,10-15,17-18,24H,5-7,9,16H2,1-4H3,(H,32,34). The van der Waals surface area contributed by atoms with E-state index in [0.29, 0.717) is 17.1 Å². The van der Waals surface area contributed by atoms with E-state index in [9.17, 15) is 9.59 Å². The average Bonchev–Trinajstić information content (AvgIpc) is 3.36. The summed E-state index contributed by atoms with van der Waals surface area (Å²) in [5, 5.41) is 2.92. The number of carbonyl (C=O) groups excluding carboxylic acids is 2.